The van der Waals surface area contributed by atoms with Crippen LogP contribution < -0.4 is 0 Å². The van der Waals surface area contributed by atoms with Crippen molar-refractivity contribution >= 4 is 23.1 Å². The lowest BCUT2D eigenvalue weighted by molar-refractivity contribution is -0.129. The molecule has 0 aliphatic carbocycles. The maximum Gasteiger partial charge on any atom is 0.247 e. The van der Waals surface area contributed by atoms with Crippen molar-refractivity contribution < 1.29 is 18.7 Å². The van der Waals surface area contributed by atoms with Crippen LogP contribution in [0.25, 0.3) is 22.5 Å². The standard InChI is InChI=1S/C24H19ClF2N8O2/c25-15-2-4-18(34-11-30-32-33-34)21(23(15)27)12-7-13-1-3-19(35(13)20(37)8-12)24-29-9-16(31-24)14-5-6-28-17(10-36)22(14)26/h2,4-6,8-9,11,13,19,36H,1,3,7,10H2,(H,29,31)/t13?,19-/m0/s1. The molecule has 2 aliphatic rings. The summed E-state index contributed by atoms with van der Waals surface area (Å²) >= 11 is 6.08. The van der Waals surface area contributed by atoms with Gasteiger partial charge in [-0.15, -0.1) is 5.10 Å². The number of imidazole rings is 1. The van der Waals surface area contributed by atoms with Crippen LogP contribution in [0.3, 0.4) is 0 Å². The number of aliphatic hydroxyl groups is 1. The zero-order valence-electron chi connectivity index (χ0n) is 19.1. The van der Waals surface area contributed by atoms with E-state index in [1.807, 2.05) is 0 Å². The number of nitrogens with one attached hydrogen (secondary N) is 1. The predicted octanol–water partition coefficient (Wildman–Crippen LogP) is 3.39. The minimum absolute atomic E-state index is 0.0623. The molecule has 1 fully saturated rings. The third-order valence-corrected chi connectivity index (χ3v) is 7.10. The van der Waals surface area contributed by atoms with Gasteiger partial charge in [-0.25, -0.2) is 13.8 Å². The molecule has 4 aromatic rings. The van der Waals surface area contributed by atoms with Gasteiger partial charge in [-0.1, -0.05) is 11.6 Å². The van der Waals surface area contributed by atoms with Crippen molar-refractivity contribution in [1.29, 1.82) is 0 Å². The molecule has 10 nitrogen and oxygen atoms in total. The number of nitrogens with zero attached hydrogens (tertiary/aromatic N) is 7. The summed E-state index contributed by atoms with van der Waals surface area (Å²) in [6, 6.07) is 3.98. The third kappa shape index (κ3) is 3.89. The van der Waals surface area contributed by atoms with Gasteiger partial charge in [-0.05, 0) is 53.5 Å². The van der Waals surface area contributed by atoms with E-state index in [1.165, 1.54) is 41.6 Å². The molecule has 1 amide bonds. The molecule has 0 saturated carbocycles. The molecular formula is C24H19ClF2N8O2. The molecule has 5 heterocycles. The van der Waals surface area contributed by atoms with Gasteiger partial charge in [-0.2, -0.15) is 4.68 Å². The van der Waals surface area contributed by atoms with E-state index in [2.05, 4.69) is 30.5 Å². The average Bonchev–Trinajstić information content (AvgIpc) is 3.66. The molecule has 1 saturated heterocycles. The summed E-state index contributed by atoms with van der Waals surface area (Å²) in [6.07, 6.45) is 7.37. The Kier molecular flexibility index (Phi) is 5.76. The van der Waals surface area contributed by atoms with Crippen LogP contribution in [0.1, 0.15) is 42.4 Å². The summed E-state index contributed by atoms with van der Waals surface area (Å²) in [6.45, 7) is -0.524. The lowest BCUT2D eigenvalue weighted by Gasteiger charge is -2.33. The highest BCUT2D eigenvalue weighted by molar-refractivity contribution is 6.31. The molecule has 1 aromatic carbocycles. The molecule has 1 unspecified atom stereocenters. The van der Waals surface area contributed by atoms with Crippen LogP contribution in [0.5, 0.6) is 0 Å². The normalized spacial score (nSPS) is 19.3. The number of aromatic nitrogens is 7. The van der Waals surface area contributed by atoms with E-state index in [4.69, 9.17) is 11.6 Å². The zero-order chi connectivity index (χ0) is 25.7. The number of H-pyrrole nitrogens is 1. The van der Waals surface area contributed by atoms with Crippen molar-refractivity contribution in [2.75, 3.05) is 0 Å². The Bertz CT molecular complexity index is 1540. The van der Waals surface area contributed by atoms with Crippen LogP contribution >= 0.6 is 11.6 Å². The maximum atomic E-state index is 15.3. The fourth-order valence-corrected chi connectivity index (χ4v) is 5.31. The molecule has 0 bridgehead atoms. The fourth-order valence-electron chi connectivity index (χ4n) is 5.15. The Morgan fingerprint density at radius 1 is 1.16 bits per heavy atom. The monoisotopic (exact) mass is 524 g/mol. The van der Waals surface area contributed by atoms with Gasteiger partial charge in [-0.3, -0.25) is 9.78 Å². The highest BCUT2D eigenvalue weighted by atomic mass is 35.5. The van der Waals surface area contributed by atoms with Crippen LogP contribution in [0.2, 0.25) is 5.02 Å². The first kappa shape index (κ1) is 23.4. The molecule has 2 atom stereocenters. The average molecular weight is 525 g/mol. The van der Waals surface area contributed by atoms with Crippen molar-refractivity contribution in [3.63, 3.8) is 0 Å². The number of benzene rings is 1. The van der Waals surface area contributed by atoms with E-state index in [1.54, 1.807) is 11.0 Å². The van der Waals surface area contributed by atoms with E-state index in [0.29, 0.717) is 42.0 Å². The topological polar surface area (TPSA) is 126 Å². The summed E-state index contributed by atoms with van der Waals surface area (Å²) in [4.78, 5) is 26.5. The SMILES string of the molecule is O=C1C=C(c2c(-n3cnnn3)ccc(Cl)c2F)CC2CC[C@@H](c3ncc(-c4ccnc(CO)c4F)[nH]3)N12. The lowest BCUT2D eigenvalue weighted by Crippen LogP contribution is -2.39. The van der Waals surface area contributed by atoms with E-state index in [-0.39, 0.29) is 39.8 Å². The first-order chi connectivity index (χ1) is 18.0. The van der Waals surface area contributed by atoms with Gasteiger partial charge in [0.25, 0.3) is 0 Å². The Hall–Kier alpha value is -4.03. The number of carbonyl (C=O) groups is 1. The largest absolute Gasteiger partial charge is 0.390 e. The van der Waals surface area contributed by atoms with Crippen molar-refractivity contribution in [3.8, 4) is 16.9 Å². The first-order valence-electron chi connectivity index (χ1n) is 11.5. The summed E-state index contributed by atoms with van der Waals surface area (Å²) in [5.41, 5.74) is 1.66. The van der Waals surface area contributed by atoms with Crippen molar-refractivity contribution in [1.82, 2.24) is 40.1 Å². The van der Waals surface area contributed by atoms with Crippen molar-refractivity contribution in [2.24, 2.45) is 0 Å². The molecule has 2 aliphatic heterocycles. The number of hydrogen-bond donors (Lipinski definition) is 2. The van der Waals surface area contributed by atoms with Gasteiger partial charge in [0.05, 0.1) is 35.2 Å². The van der Waals surface area contributed by atoms with Gasteiger partial charge in [0.15, 0.2) is 11.6 Å². The number of fused-ring (bicyclic) bond motifs is 1. The van der Waals surface area contributed by atoms with Gasteiger partial charge in [0.2, 0.25) is 5.91 Å². The minimum atomic E-state index is -0.644. The second kappa shape index (κ2) is 9.12. The van der Waals surface area contributed by atoms with Gasteiger partial charge >= 0.3 is 0 Å². The first-order valence-corrected chi connectivity index (χ1v) is 11.9. The predicted molar refractivity (Wildman–Crippen MR) is 127 cm³/mol. The second-order valence-electron chi connectivity index (χ2n) is 8.84. The number of hydrogen-bond acceptors (Lipinski definition) is 7. The van der Waals surface area contributed by atoms with E-state index in [9.17, 15) is 14.3 Å². The molecule has 0 radical (unpaired) electrons. The molecule has 3 aromatic heterocycles. The smallest absolute Gasteiger partial charge is 0.247 e. The molecule has 0 spiro atoms. The summed E-state index contributed by atoms with van der Waals surface area (Å²) in [5, 5.41) is 20.3. The third-order valence-electron chi connectivity index (χ3n) is 6.81. The van der Waals surface area contributed by atoms with Crippen LogP contribution in [-0.2, 0) is 11.4 Å². The lowest BCUT2D eigenvalue weighted by atomic mass is 9.92. The van der Waals surface area contributed by atoms with E-state index >= 15 is 4.39 Å². The Morgan fingerprint density at radius 3 is 2.81 bits per heavy atom. The maximum absolute atomic E-state index is 15.3. The van der Waals surface area contributed by atoms with E-state index < -0.39 is 18.2 Å². The van der Waals surface area contributed by atoms with Gasteiger partial charge < -0.3 is 15.0 Å². The molecule has 188 valence electrons. The summed E-state index contributed by atoms with van der Waals surface area (Å²) in [5.74, 6) is -1.04. The number of aliphatic hydroxyl groups excluding tert-OH is 1. The Balaban J connectivity index is 1.33. The fraction of sp³-hybridized carbons (Fsp3) is 0.250. The molecule has 2 N–H and O–H groups in total. The molecule has 37 heavy (non-hydrogen) atoms. The van der Waals surface area contributed by atoms with Gasteiger partial charge in [0, 0.05) is 29.4 Å². The number of halogens is 3. The molecule has 13 heteroatoms. The highest BCUT2D eigenvalue weighted by Gasteiger charge is 2.42. The zero-order valence-corrected chi connectivity index (χ0v) is 19.9. The number of carbonyl (C=O) groups excluding carboxylic acids is 1. The second-order valence-corrected chi connectivity index (χ2v) is 9.24. The van der Waals surface area contributed by atoms with Crippen LogP contribution in [0, 0.1) is 11.6 Å². The highest BCUT2D eigenvalue weighted by Crippen LogP contribution is 2.44. The van der Waals surface area contributed by atoms with Crippen LogP contribution in [0.15, 0.2) is 43.0 Å². The Morgan fingerprint density at radius 2 is 2.03 bits per heavy atom. The summed E-state index contributed by atoms with van der Waals surface area (Å²) < 4.78 is 31.3. The van der Waals surface area contributed by atoms with Crippen LogP contribution in [-0.4, -0.2) is 57.1 Å². The minimum Gasteiger partial charge on any atom is -0.390 e. The number of tetrazole rings is 1. The molecule has 6 rings (SSSR count). The number of pyridine rings is 1. The summed E-state index contributed by atoms with van der Waals surface area (Å²) in [7, 11) is 0. The van der Waals surface area contributed by atoms with Crippen molar-refractivity contribution in [3.05, 3.63) is 76.7 Å². The van der Waals surface area contributed by atoms with Crippen LogP contribution in [0.4, 0.5) is 8.78 Å². The molecular weight excluding hydrogens is 506 g/mol. The number of amides is 1. The van der Waals surface area contributed by atoms with Crippen molar-refractivity contribution in [2.45, 2.75) is 38.0 Å². The number of rotatable bonds is 5. The quantitative estimate of drug-likeness (QED) is 0.410. The van der Waals surface area contributed by atoms with E-state index in [0.717, 1.165) is 0 Å². The van der Waals surface area contributed by atoms with Gasteiger partial charge in [0.1, 0.15) is 17.8 Å². The number of aromatic amines is 1. The Labute approximate surface area is 213 Å².